The Morgan fingerprint density at radius 2 is 1.65 bits per heavy atom. The van der Waals surface area contributed by atoms with Gasteiger partial charge in [0.15, 0.2) is 17.3 Å². The van der Waals surface area contributed by atoms with Gasteiger partial charge in [-0.2, -0.15) is 0 Å². The van der Waals surface area contributed by atoms with E-state index in [1.54, 1.807) is 18.2 Å². The van der Waals surface area contributed by atoms with Crippen LogP contribution < -0.4 is 9.47 Å². The first-order valence-electron chi connectivity index (χ1n) is 7.73. The summed E-state index contributed by atoms with van der Waals surface area (Å²) < 4.78 is 16.7. The number of para-hydroxylation sites is 1. The van der Waals surface area contributed by atoms with Crippen molar-refractivity contribution < 1.29 is 19.0 Å². The first kappa shape index (κ1) is 17.0. The Labute approximate surface area is 137 Å². The lowest BCUT2D eigenvalue weighted by atomic mass is 9.98. The predicted octanol–water partition coefficient (Wildman–Crippen LogP) is 4.05. The van der Waals surface area contributed by atoms with Crippen molar-refractivity contribution in [2.75, 3.05) is 20.3 Å². The van der Waals surface area contributed by atoms with Gasteiger partial charge in [-0.25, -0.2) is 0 Å². The van der Waals surface area contributed by atoms with E-state index < -0.39 is 6.10 Å². The summed E-state index contributed by atoms with van der Waals surface area (Å²) in [5, 5.41) is 0. The number of hydrogen-bond donors (Lipinski definition) is 0. The van der Waals surface area contributed by atoms with Gasteiger partial charge in [0, 0.05) is 7.11 Å². The molecule has 2 rings (SSSR count). The molecule has 1 atom stereocenters. The van der Waals surface area contributed by atoms with Crippen LogP contribution in [-0.4, -0.2) is 26.1 Å². The molecule has 0 fully saturated rings. The second-order valence-electron chi connectivity index (χ2n) is 4.89. The molecule has 2 aromatic carbocycles. The van der Waals surface area contributed by atoms with E-state index in [1.807, 2.05) is 44.2 Å². The Balaban J connectivity index is 2.43. The van der Waals surface area contributed by atoms with Crippen molar-refractivity contribution in [2.24, 2.45) is 0 Å². The third kappa shape index (κ3) is 3.90. The van der Waals surface area contributed by atoms with Crippen LogP contribution in [0, 0.1) is 0 Å². The number of ether oxygens (including phenoxy) is 3. The Hall–Kier alpha value is -2.33. The minimum absolute atomic E-state index is 0.149. The maximum absolute atomic E-state index is 13.0. The highest BCUT2D eigenvalue weighted by Gasteiger charge is 2.26. The zero-order chi connectivity index (χ0) is 16.7. The monoisotopic (exact) mass is 314 g/mol. The molecule has 0 aliphatic heterocycles. The molecule has 4 nitrogen and oxygen atoms in total. The zero-order valence-corrected chi connectivity index (χ0v) is 13.7. The van der Waals surface area contributed by atoms with Crippen molar-refractivity contribution in [3.05, 3.63) is 59.7 Å². The van der Waals surface area contributed by atoms with Gasteiger partial charge in [-0.3, -0.25) is 4.79 Å². The lowest BCUT2D eigenvalue weighted by Gasteiger charge is -2.18. The normalized spacial score (nSPS) is 11.8. The maximum atomic E-state index is 13.0. The van der Waals surface area contributed by atoms with E-state index >= 15 is 0 Å². The number of benzene rings is 2. The smallest absolute Gasteiger partial charge is 0.199 e. The van der Waals surface area contributed by atoms with Gasteiger partial charge in [0.2, 0.25) is 0 Å². The summed E-state index contributed by atoms with van der Waals surface area (Å²) >= 11 is 0. The van der Waals surface area contributed by atoms with E-state index in [0.29, 0.717) is 30.3 Å². The van der Waals surface area contributed by atoms with Gasteiger partial charge in [0.25, 0.3) is 0 Å². The summed E-state index contributed by atoms with van der Waals surface area (Å²) in [6.07, 6.45) is -0.674. The van der Waals surface area contributed by atoms with Crippen LogP contribution in [0.2, 0.25) is 0 Å². The van der Waals surface area contributed by atoms with Crippen LogP contribution in [0.25, 0.3) is 0 Å². The molecule has 0 saturated carbocycles. The van der Waals surface area contributed by atoms with Crippen molar-refractivity contribution >= 4 is 5.78 Å². The van der Waals surface area contributed by atoms with Crippen molar-refractivity contribution in [3.8, 4) is 11.5 Å². The van der Waals surface area contributed by atoms with Crippen molar-refractivity contribution in [2.45, 2.75) is 20.0 Å². The Morgan fingerprint density at radius 3 is 2.26 bits per heavy atom. The molecule has 2 aromatic rings. The number of Topliss-reactive ketones (excluding diaryl/α,β-unsaturated/α-hetero) is 1. The first-order valence-corrected chi connectivity index (χ1v) is 7.73. The number of methoxy groups -OCH3 is 1. The van der Waals surface area contributed by atoms with E-state index in [9.17, 15) is 4.79 Å². The van der Waals surface area contributed by atoms with Crippen molar-refractivity contribution in [3.63, 3.8) is 0 Å². The van der Waals surface area contributed by atoms with Crippen LogP contribution in [0.4, 0.5) is 0 Å². The van der Waals surface area contributed by atoms with Gasteiger partial charge in [-0.05, 0) is 31.5 Å². The van der Waals surface area contributed by atoms with Crippen LogP contribution in [0.1, 0.15) is 35.9 Å². The SMILES string of the molecule is CCOc1cccc(C(=O)[C@@H](OC)c2ccccc2)c1OCC. The van der Waals surface area contributed by atoms with Gasteiger partial charge in [0.05, 0.1) is 18.8 Å². The molecule has 0 saturated heterocycles. The van der Waals surface area contributed by atoms with Gasteiger partial charge in [-0.1, -0.05) is 36.4 Å². The number of carbonyl (C=O) groups excluding carboxylic acids is 1. The highest BCUT2D eigenvalue weighted by Crippen LogP contribution is 2.35. The fourth-order valence-electron chi connectivity index (χ4n) is 2.44. The van der Waals surface area contributed by atoms with Gasteiger partial charge in [0.1, 0.15) is 6.10 Å². The van der Waals surface area contributed by atoms with E-state index in [0.717, 1.165) is 5.56 Å². The van der Waals surface area contributed by atoms with E-state index in [1.165, 1.54) is 7.11 Å². The average molecular weight is 314 g/mol. The lowest BCUT2D eigenvalue weighted by molar-refractivity contribution is 0.0600. The second-order valence-corrected chi connectivity index (χ2v) is 4.89. The Kier molecular flexibility index (Phi) is 6.18. The predicted molar refractivity (Wildman–Crippen MR) is 89.3 cm³/mol. The lowest BCUT2D eigenvalue weighted by Crippen LogP contribution is -2.16. The molecule has 0 aliphatic rings. The molecule has 0 radical (unpaired) electrons. The number of rotatable bonds is 8. The molecule has 0 aliphatic carbocycles. The largest absolute Gasteiger partial charge is 0.490 e. The summed E-state index contributed by atoms with van der Waals surface area (Å²) in [4.78, 5) is 13.0. The molecule has 4 heteroatoms. The molecule has 23 heavy (non-hydrogen) atoms. The van der Waals surface area contributed by atoms with E-state index in [-0.39, 0.29) is 5.78 Å². The molecular formula is C19H22O4. The number of carbonyl (C=O) groups is 1. The van der Waals surface area contributed by atoms with Crippen LogP contribution in [-0.2, 0) is 4.74 Å². The van der Waals surface area contributed by atoms with Gasteiger partial charge >= 0.3 is 0 Å². The highest BCUT2D eigenvalue weighted by atomic mass is 16.5. The summed E-state index contributed by atoms with van der Waals surface area (Å²) in [7, 11) is 1.53. The fourth-order valence-corrected chi connectivity index (χ4v) is 2.44. The summed E-state index contributed by atoms with van der Waals surface area (Å²) in [5.41, 5.74) is 1.28. The van der Waals surface area contributed by atoms with Gasteiger partial charge < -0.3 is 14.2 Å². The van der Waals surface area contributed by atoms with Crippen molar-refractivity contribution in [1.82, 2.24) is 0 Å². The standard InChI is InChI=1S/C19H22O4/c1-4-22-16-13-9-12-15(19(16)23-5-2)17(20)18(21-3)14-10-7-6-8-11-14/h6-13,18H,4-5H2,1-3H3/t18-/m0/s1. The second kappa shape index (κ2) is 8.34. The summed E-state index contributed by atoms with van der Waals surface area (Å²) in [6.45, 7) is 4.73. The average Bonchev–Trinajstić information content (AvgIpc) is 2.58. The molecular weight excluding hydrogens is 292 g/mol. The molecule has 0 N–H and O–H groups in total. The fraction of sp³-hybridized carbons (Fsp3) is 0.316. The third-order valence-corrected chi connectivity index (χ3v) is 3.41. The third-order valence-electron chi connectivity index (χ3n) is 3.41. The quantitative estimate of drug-likeness (QED) is 0.689. The minimum atomic E-state index is -0.674. The molecule has 0 bridgehead atoms. The zero-order valence-electron chi connectivity index (χ0n) is 13.7. The number of hydrogen-bond acceptors (Lipinski definition) is 4. The van der Waals surface area contributed by atoms with E-state index in [2.05, 4.69) is 0 Å². The molecule has 122 valence electrons. The van der Waals surface area contributed by atoms with Crippen LogP contribution in [0.15, 0.2) is 48.5 Å². The molecule has 0 aromatic heterocycles. The maximum Gasteiger partial charge on any atom is 0.199 e. The Bertz CT molecular complexity index is 637. The molecule has 0 spiro atoms. The van der Waals surface area contributed by atoms with Gasteiger partial charge in [-0.15, -0.1) is 0 Å². The summed E-state index contributed by atoms with van der Waals surface area (Å²) in [5.74, 6) is 0.895. The first-order chi connectivity index (χ1) is 11.2. The Morgan fingerprint density at radius 1 is 0.957 bits per heavy atom. The molecule has 0 amide bonds. The highest BCUT2D eigenvalue weighted by molar-refractivity contribution is 6.03. The van der Waals surface area contributed by atoms with Crippen LogP contribution in [0.3, 0.4) is 0 Å². The van der Waals surface area contributed by atoms with Crippen LogP contribution >= 0.6 is 0 Å². The molecule has 0 heterocycles. The van der Waals surface area contributed by atoms with Crippen molar-refractivity contribution in [1.29, 1.82) is 0 Å². The van der Waals surface area contributed by atoms with Crippen LogP contribution in [0.5, 0.6) is 11.5 Å². The number of ketones is 1. The molecule has 0 unspecified atom stereocenters. The summed E-state index contributed by atoms with van der Waals surface area (Å²) in [6, 6.07) is 14.8. The topological polar surface area (TPSA) is 44.8 Å². The van der Waals surface area contributed by atoms with E-state index in [4.69, 9.17) is 14.2 Å². The minimum Gasteiger partial charge on any atom is -0.490 e.